The van der Waals surface area contributed by atoms with Crippen LogP contribution >= 0.6 is 0 Å². The van der Waals surface area contributed by atoms with E-state index >= 15 is 0 Å². The number of ketones is 1. The molecule has 0 bridgehead atoms. The lowest BCUT2D eigenvalue weighted by Crippen LogP contribution is -2.63. The molecule has 0 radical (unpaired) electrons. The largest absolute Gasteiger partial charge is 0.743 e. The van der Waals surface area contributed by atoms with Gasteiger partial charge in [0.05, 0.1) is 0 Å². The highest BCUT2D eigenvalue weighted by molar-refractivity contribution is 7.97. The number of alkyl halides is 9. The molecule has 0 spiro atoms. The van der Waals surface area contributed by atoms with Crippen molar-refractivity contribution in [1.82, 2.24) is 0 Å². The first-order valence-electron chi connectivity index (χ1n) is 7.85. The molecule has 0 N–H and O–H groups in total. The molecule has 1 atom stereocenters. The molecule has 0 aromatic heterocycles. The van der Waals surface area contributed by atoms with Crippen LogP contribution in [0, 0.1) is 5.41 Å². The number of halogens is 9. The fourth-order valence-corrected chi connectivity index (χ4v) is 5.67. The molecule has 0 saturated carbocycles. The van der Waals surface area contributed by atoms with Gasteiger partial charge in [-0.25, -0.2) is 8.42 Å². The van der Waals surface area contributed by atoms with Crippen molar-refractivity contribution < 1.29 is 57.3 Å². The van der Waals surface area contributed by atoms with Crippen molar-refractivity contribution in [2.45, 2.75) is 56.9 Å². The Hall–Kier alpha value is -0.700. The number of rotatable bonds is 6. The normalized spacial score (nSPS) is 20.8. The molecule has 0 aromatic carbocycles. The Morgan fingerprint density at radius 1 is 1.00 bits per heavy atom. The first-order chi connectivity index (χ1) is 12.5. The van der Waals surface area contributed by atoms with Crippen LogP contribution in [0.3, 0.4) is 0 Å². The maximum Gasteiger partial charge on any atom is 0.460 e. The van der Waals surface area contributed by atoms with Gasteiger partial charge in [-0.2, -0.15) is 39.5 Å². The van der Waals surface area contributed by atoms with Crippen LogP contribution in [-0.2, 0) is 25.8 Å². The van der Waals surface area contributed by atoms with E-state index in [-0.39, 0.29) is 0 Å². The zero-order valence-corrected chi connectivity index (χ0v) is 17.0. The smallest absolute Gasteiger partial charge is 0.460 e. The van der Waals surface area contributed by atoms with E-state index in [0.29, 0.717) is 22.1 Å². The molecular formula is C14H19F9O4S2. The van der Waals surface area contributed by atoms with Crippen LogP contribution in [0.2, 0.25) is 0 Å². The summed E-state index contributed by atoms with van der Waals surface area (Å²) in [4.78, 5) is 11.2. The number of hydrogen-bond acceptors (Lipinski definition) is 4. The van der Waals surface area contributed by atoms with Crippen LogP contribution < -0.4 is 0 Å². The minimum Gasteiger partial charge on any atom is -0.743 e. The average Bonchev–Trinajstić information content (AvgIpc) is 2.83. The van der Waals surface area contributed by atoms with Crippen LogP contribution in [0.1, 0.15) is 33.6 Å². The summed E-state index contributed by atoms with van der Waals surface area (Å²) in [5.41, 5.74) is 0.511. The van der Waals surface area contributed by atoms with Crippen molar-refractivity contribution in [3.63, 3.8) is 0 Å². The molecule has 1 heterocycles. The molecule has 1 aliphatic rings. The Kier molecular flexibility index (Phi) is 8.60. The Bertz CT molecular complexity index is 688. The van der Waals surface area contributed by atoms with Crippen LogP contribution in [-0.4, -0.2) is 59.3 Å². The number of carbonyl (C=O) groups is 1. The predicted molar refractivity (Wildman–Crippen MR) is 86.3 cm³/mol. The summed E-state index contributed by atoms with van der Waals surface area (Å²) in [6, 6.07) is 0. The summed E-state index contributed by atoms with van der Waals surface area (Å²) in [5, 5.41) is -7.11. The van der Waals surface area contributed by atoms with Crippen molar-refractivity contribution in [3.8, 4) is 0 Å². The van der Waals surface area contributed by atoms with E-state index in [9.17, 15) is 57.3 Å². The Morgan fingerprint density at radius 2 is 1.45 bits per heavy atom. The van der Waals surface area contributed by atoms with E-state index < -0.39 is 33.4 Å². The summed E-state index contributed by atoms with van der Waals surface area (Å²) in [5.74, 6) is -10.9. The third-order valence-electron chi connectivity index (χ3n) is 3.85. The van der Waals surface area contributed by atoms with Crippen molar-refractivity contribution >= 4 is 26.8 Å². The van der Waals surface area contributed by atoms with E-state index in [0.717, 1.165) is 12.2 Å². The van der Waals surface area contributed by atoms with Gasteiger partial charge in [0.1, 0.15) is 11.5 Å². The Morgan fingerprint density at radius 3 is 1.72 bits per heavy atom. The number of carbonyl (C=O) groups excluding carboxylic acids is 1. The Balaban J connectivity index is 0.000000571. The third kappa shape index (κ3) is 6.39. The summed E-state index contributed by atoms with van der Waals surface area (Å²) in [7, 11) is -6.99. The van der Waals surface area contributed by atoms with Gasteiger partial charge in [0.2, 0.25) is 0 Å². The molecule has 1 aliphatic heterocycles. The van der Waals surface area contributed by atoms with E-state index in [1.807, 2.05) is 6.92 Å². The molecule has 0 aromatic rings. The van der Waals surface area contributed by atoms with Crippen molar-refractivity contribution in [2.24, 2.45) is 5.41 Å². The minimum atomic E-state index is -7.43. The summed E-state index contributed by atoms with van der Waals surface area (Å²) in [6.45, 7) is 6.60. The molecule has 0 aliphatic carbocycles. The monoisotopic (exact) mass is 486 g/mol. The molecule has 1 fully saturated rings. The standard InChI is InChI=1S/C10H19OS.C4HF9O3S/c1-4-9(11)7-12-6-5-10(2,3)8-12;5-1(6,3(9,10)11)2(7,8)4(12,13)17(14,15)16/h4-8H2,1-3H3;(H,14,15,16)/q+1;/p-1. The lowest BCUT2D eigenvalue weighted by Gasteiger charge is -2.34. The summed E-state index contributed by atoms with van der Waals surface area (Å²) < 4.78 is 135. The molecule has 1 saturated heterocycles. The van der Waals surface area contributed by atoms with E-state index in [1.165, 1.54) is 17.9 Å². The maximum atomic E-state index is 12.2. The van der Waals surface area contributed by atoms with Gasteiger partial charge in [-0.3, -0.25) is 4.79 Å². The van der Waals surface area contributed by atoms with Gasteiger partial charge in [0.25, 0.3) is 0 Å². The number of hydrogen-bond donors (Lipinski definition) is 0. The highest BCUT2D eigenvalue weighted by Crippen LogP contribution is 2.54. The highest BCUT2D eigenvalue weighted by atomic mass is 32.2. The summed E-state index contributed by atoms with van der Waals surface area (Å²) in [6.07, 6.45) is -5.12. The van der Waals surface area contributed by atoms with Crippen LogP contribution in [0.5, 0.6) is 0 Å². The minimum absolute atomic E-state index is 0.424. The maximum absolute atomic E-state index is 12.2. The van der Waals surface area contributed by atoms with Gasteiger partial charge in [-0.15, -0.1) is 0 Å². The second-order valence-electron chi connectivity index (χ2n) is 7.03. The van der Waals surface area contributed by atoms with E-state index in [2.05, 4.69) is 13.8 Å². The van der Waals surface area contributed by atoms with Gasteiger partial charge in [0.15, 0.2) is 21.7 Å². The first kappa shape index (κ1) is 28.3. The van der Waals surface area contributed by atoms with E-state index in [1.54, 1.807) is 0 Å². The van der Waals surface area contributed by atoms with Crippen LogP contribution in [0.25, 0.3) is 0 Å². The van der Waals surface area contributed by atoms with Gasteiger partial charge in [-0.1, -0.05) is 20.8 Å². The molecule has 4 nitrogen and oxygen atoms in total. The van der Waals surface area contributed by atoms with Gasteiger partial charge in [0, 0.05) is 18.3 Å². The van der Waals surface area contributed by atoms with Crippen molar-refractivity contribution in [3.05, 3.63) is 0 Å². The molecule has 0 amide bonds. The summed E-state index contributed by atoms with van der Waals surface area (Å²) >= 11 is 0. The van der Waals surface area contributed by atoms with Gasteiger partial charge in [-0.05, 0) is 10.9 Å². The lowest BCUT2D eigenvalue weighted by molar-refractivity contribution is -0.382. The average molecular weight is 486 g/mol. The molecular weight excluding hydrogens is 467 g/mol. The number of Topliss-reactive ketones (excluding diaryl/α,β-unsaturated/α-hetero) is 1. The second-order valence-corrected chi connectivity index (χ2v) is 10.7. The molecule has 1 unspecified atom stereocenters. The van der Waals surface area contributed by atoms with Crippen molar-refractivity contribution in [1.29, 1.82) is 0 Å². The molecule has 1 rings (SSSR count). The van der Waals surface area contributed by atoms with Crippen LogP contribution in [0.15, 0.2) is 0 Å². The van der Waals surface area contributed by atoms with E-state index in [4.69, 9.17) is 0 Å². The molecule has 174 valence electrons. The Labute approximate surface area is 164 Å². The molecule has 15 heteroatoms. The van der Waals surface area contributed by atoms with Gasteiger partial charge >= 0.3 is 23.3 Å². The zero-order chi connectivity index (χ0) is 23.7. The SMILES string of the molecule is CCC(=O)C[S+]1CCC(C)(C)C1.O=S(=O)([O-])C(F)(F)C(F)(F)C(F)(F)C(F)(F)F. The lowest BCUT2D eigenvalue weighted by atomic mass is 9.94. The highest BCUT2D eigenvalue weighted by Gasteiger charge is 2.83. The second kappa shape index (κ2) is 8.81. The fraction of sp³-hybridized carbons (Fsp3) is 0.929. The fourth-order valence-electron chi connectivity index (χ4n) is 2.09. The topological polar surface area (TPSA) is 74.3 Å². The third-order valence-corrected chi connectivity index (χ3v) is 7.44. The van der Waals surface area contributed by atoms with Gasteiger partial charge < -0.3 is 4.55 Å². The first-order valence-corrected chi connectivity index (χ1v) is 11.0. The zero-order valence-electron chi connectivity index (χ0n) is 15.4. The van der Waals surface area contributed by atoms with Crippen molar-refractivity contribution in [2.75, 3.05) is 17.3 Å². The quantitative estimate of drug-likeness (QED) is 0.324. The van der Waals surface area contributed by atoms with Crippen LogP contribution in [0.4, 0.5) is 39.5 Å². The predicted octanol–water partition coefficient (Wildman–Crippen LogP) is 3.97. The molecule has 29 heavy (non-hydrogen) atoms.